The molecule has 6 nitrogen and oxygen atoms in total. The summed E-state index contributed by atoms with van der Waals surface area (Å²) in [5, 5.41) is 4.38. The van der Waals surface area contributed by atoms with Crippen LogP contribution in [0, 0.1) is 0 Å². The van der Waals surface area contributed by atoms with Crippen molar-refractivity contribution in [2.24, 2.45) is 7.05 Å². The van der Waals surface area contributed by atoms with Gasteiger partial charge in [-0.15, -0.1) is 11.3 Å². The van der Waals surface area contributed by atoms with E-state index in [1.807, 2.05) is 13.8 Å². The number of nitrogens with one attached hydrogen (secondary N) is 1. The third kappa shape index (κ3) is 3.68. The molecule has 0 aliphatic carbocycles. The third-order valence-corrected chi connectivity index (χ3v) is 4.34. The molecule has 0 aliphatic rings. The van der Waals surface area contributed by atoms with E-state index in [-0.39, 0.29) is 23.1 Å². The molecule has 2 aromatic rings. The van der Waals surface area contributed by atoms with Gasteiger partial charge in [-0.1, -0.05) is 6.07 Å². The molecule has 2 heterocycles. The minimum atomic E-state index is -0.357. The molecular weight excluding hydrogens is 314 g/mol. The van der Waals surface area contributed by atoms with Crippen LogP contribution in [0.25, 0.3) is 0 Å². The summed E-state index contributed by atoms with van der Waals surface area (Å²) in [6.45, 7) is 4.94. The van der Waals surface area contributed by atoms with Crippen molar-refractivity contribution in [2.75, 3.05) is 18.4 Å². The van der Waals surface area contributed by atoms with E-state index < -0.39 is 0 Å². The standard InChI is InChI=1S/C16H19N3O3S/c1-4-19(5-2)15(21)11-9-12(16(22)18(3)10-11)17-14(20)13-7-6-8-23-13/h6-10H,4-5H2,1-3H3,(H,17,20). The van der Waals surface area contributed by atoms with Gasteiger partial charge in [0, 0.05) is 26.3 Å². The van der Waals surface area contributed by atoms with E-state index in [4.69, 9.17) is 0 Å². The van der Waals surface area contributed by atoms with Gasteiger partial charge in [0.05, 0.1) is 10.4 Å². The smallest absolute Gasteiger partial charge is 0.274 e. The fourth-order valence-corrected chi connectivity index (χ4v) is 2.82. The van der Waals surface area contributed by atoms with Crippen molar-refractivity contribution >= 4 is 28.8 Å². The quantitative estimate of drug-likeness (QED) is 0.911. The van der Waals surface area contributed by atoms with Crippen molar-refractivity contribution in [3.8, 4) is 0 Å². The van der Waals surface area contributed by atoms with E-state index in [1.165, 1.54) is 28.2 Å². The van der Waals surface area contributed by atoms with Gasteiger partial charge in [0.25, 0.3) is 17.4 Å². The van der Waals surface area contributed by atoms with E-state index in [9.17, 15) is 14.4 Å². The van der Waals surface area contributed by atoms with Crippen LogP contribution in [0.5, 0.6) is 0 Å². The molecule has 0 bridgehead atoms. The number of rotatable bonds is 5. The zero-order chi connectivity index (χ0) is 17.0. The van der Waals surface area contributed by atoms with Crippen LogP contribution in [-0.4, -0.2) is 34.4 Å². The first-order valence-corrected chi connectivity index (χ1v) is 8.20. The van der Waals surface area contributed by atoms with Crippen LogP contribution in [-0.2, 0) is 7.05 Å². The molecule has 0 aliphatic heterocycles. The number of thiophene rings is 1. The van der Waals surface area contributed by atoms with E-state index >= 15 is 0 Å². The molecule has 2 rings (SSSR count). The first kappa shape index (κ1) is 17.0. The van der Waals surface area contributed by atoms with E-state index in [0.29, 0.717) is 23.5 Å². The largest absolute Gasteiger partial charge is 0.339 e. The van der Waals surface area contributed by atoms with Gasteiger partial charge in [-0.05, 0) is 31.4 Å². The number of hydrogen-bond donors (Lipinski definition) is 1. The van der Waals surface area contributed by atoms with Crippen LogP contribution in [0.3, 0.4) is 0 Å². The minimum absolute atomic E-state index is 0.101. The molecule has 0 spiro atoms. The van der Waals surface area contributed by atoms with Gasteiger partial charge < -0.3 is 14.8 Å². The minimum Gasteiger partial charge on any atom is -0.339 e. The van der Waals surface area contributed by atoms with Crippen LogP contribution < -0.4 is 10.9 Å². The highest BCUT2D eigenvalue weighted by Crippen LogP contribution is 2.13. The normalized spacial score (nSPS) is 10.4. The third-order valence-electron chi connectivity index (χ3n) is 3.47. The Hall–Kier alpha value is -2.41. The van der Waals surface area contributed by atoms with Gasteiger partial charge in [0.1, 0.15) is 5.69 Å². The average molecular weight is 333 g/mol. The molecule has 0 saturated heterocycles. The molecule has 0 saturated carbocycles. The summed E-state index contributed by atoms with van der Waals surface area (Å²) in [5.74, 6) is -0.526. The Morgan fingerprint density at radius 2 is 2.00 bits per heavy atom. The molecule has 2 amide bonds. The maximum Gasteiger partial charge on any atom is 0.274 e. The summed E-state index contributed by atoms with van der Waals surface area (Å²) in [6.07, 6.45) is 1.49. The van der Waals surface area contributed by atoms with Gasteiger partial charge >= 0.3 is 0 Å². The van der Waals surface area contributed by atoms with Crippen LogP contribution in [0.1, 0.15) is 33.9 Å². The number of anilines is 1. The lowest BCUT2D eigenvalue weighted by atomic mass is 10.2. The van der Waals surface area contributed by atoms with Crippen molar-refractivity contribution in [1.82, 2.24) is 9.47 Å². The van der Waals surface area contributed by atoms with E-state index in [0.717, 1.165) is 0 Å². The highest BCUT2D eigenvalue weighted by molar-refractivity contribution is 7.12. The summed E-state index contributed by atoms with van der Waals surface area (Å²) in [4.78, 5) is 38.9. The van der Waals surface area contributed by atoms with E-state index in [2.05, 4.69) is 5.32 Å². The van der Waals surface area contributed by atoms with Gasteiger partial charge in [-0.25, -0.2) is 0 Å². The number of amides is 2. The van der Waals surface area contributed by atoms with Crippen molar-refractivity contribution in [1.29, 1.82) is 0 Å². The first-order valence-electron chi connectivity index (χ1n) is 7.32. The highest BCUT2D eigenvalue weighted by Gasteiger charge is 2.17. The summed E-state index contributed by atoms with van der Waals surface area (Å²) < 4.78 is 1.31. The lowest BCUT2D eigenvalue weighted by Crippen LogP contribution is -2.32. The summed E-state index contributed by atoms with van der Waals surface area (Å²) in [6, 6.07) is 4.88. The first-order chi connectivity index (χ1) is 11.0. The molecule has 0 radical (unpaired) electrons. The number of hydrogen-bond acceptors (Lipinski definition) is 4. The van der Waals surface area contributed by atoms with Gasteiger partial charge in [0.2, 0.25) is 0 Å². The Balaban J connectivity index is 2.35. The van der Waals surface area contributed by atoms with Crippen molar-refractivity contribution in [2.45, 2.75) is 13.8 Å². The van der Waals surface area contributed by atoms with Crippen LogP contribution >= 0.6 is 11.3 Å². The zero-order valence-electron chi connectivity index (χ0n) is 13.3. The fourth-order valence-electron chi connectivity index (χ4n) is 2.20. The van der Waals surface area contributed by atoms with Crippen LogP contribution in [0.4, 0.5) is 5.69 Å². The topological polar surface area (TPSA) is 71.4 Å². The molecule has 0 fully saturated rings. The molecular formula is C16H19N3O3S. The maximum absolute atomic E-state index is 12.4. The Labute approximate surface area is 138 Å². The van der Waals surface area contributed by atoms with Gasteiger partial charge in [-0.3, -0.25) is 14.4 Å². The molecule has 2 aromatic heterocycles. The molecule has 7 heteroatoms. The number of aromatic nitrogens is 1. The lowest BCUT2D eigenvalue weighted by Gasteiger charge is -2.19. The lowest BCUT2D eigenvalue weighted by molar-refractivity contribution is 0.0771. The fraction of sp³-hybridized carbons (Fsp3) is 0.312. The van der Waals surface area contributed by atoms with Crippen molar-refractivity contribution in [3.05, 3.63) is 50.6 Å². The summed E-state index contributed by atoms with van der Waals surface area (Å²) >= 11 is 1.29. The predicted molar refractivity (Wildman–Crippen MR) is 91.2 cm³/mol. The molecule has 0 aromatic carbocycles. The average Bonchev–Trinajstić information content (AvgIpc) is 3.07. The van der Waals surface area contributed by atoms with Crippen molar-refractivity contribution in [3.63, 3.8) is 0 Å². The Morgan fingerprint density at radius 3 is 2.57 bits per heavy atom. The second kappa shape index (κ2) is 7.23. The number of pyridine rings is 1. The maximum atomic E-state index is 12.4. The molecule has 1 N–H and O–H groups in total. The summed E-state index contributed by atoms with van der Waals surface area (Å²) in [7, 11) is 1.56. The second-order valence-corrected chi connectivity index (χ2v) is 5.92. The molecule has 122 valence electrons. The Kier molecular flexibility index (Phi) is 5.33. The van der Waals surface area contributed by atoms with Gasteiger partial charge in [0.15, 0.2) is 0 Å². The van der Waals surface area contributed by atoms with Crippen LogP contribution in [0.2, 0.25) is 0 Å². The van der Waals surface area contributed by atoms with E-state index in [1.54, 1.807) is 29.5 Å². The SMILES string of the molecule is CCN(CC)C(=O)c1cc(NC(=O)c2cccs2)c(=O)n(C)c1. The molecule has 23 heavy (non-hydrogen) atoms. The van der Waals surface area contributed by atoms with Crippen LogP contribution in [0.15, 0.2) is 34.6 Å². The number of carbonyl (C=O) groups excluding carboxylic acids is 2. The number of nitrogens with zero attached hydrogens (tertiary/aromatic N) is 2. The molecule has 0 atom stereocenters. The molecule has 0 unspecified atom stereocenters. The van der Waals surface area contributed by atoms with Gasteiger partial charge in [-0.2, -0.15) is 0 Å². The number of carbonyl (C=O) groups is 2. The van der Waals surface area contributed by atoms with Crippen molar-refractivity contribution < 1.29 is 9.59 Å². The second-order valence-electron chi connectivity index (χ2n) is 4.97. The number of aryl methyl sites for hydroxylation is 1. The summed E-state index contributed by atoms with van der Waals surface area (Å²) in [5.41, 5.74) is 0.118. The Morgan fingerprint density at radius 1 is 1.30 bits per heavy atom. The highest BCUT2D eigenvalue weighted by atomic mass is 32.1. The predicted octanol–water partition coefficient (Wildman–Crippen LogP) is 2.18. The monoisotopic (exact) mass is 333 g/mol. The zero-order valence-corrected chi connectivity index (χ0v) is 14.1. The Bertz CT molecular complexity index is 761.